The molecule has 3 rings (SSSR count). The van der Waals surface area contributed by atoms with Gasteiger partial charge in [0.15, 0.2) is 5.82 Å². The molecule has 3 nitrogen and oxygen atoms in total. The smallest absolute Gasteiger partial charge is 0.152 e. The molecule has 1 aromatic heterocycles. The Morgan fingerprint density at radius 1 is 1.43 bits per heavy atom. The first kappa shape index (κ1) is 8.09. The minimum atomic E-state index is 0.678. The normalized spacial score (nSPS) is 24.0. The van der Waals surface area contributed by atoms with Gasteiger partial charge in [0, 0.05) is 31.9 Å². The first-order valence-corrected chi connectivity index (χ1v) is 5.21. The minimum Gasteiger partial charge on any atom is -0.366 e. The van der Waals surface area contributed by atoms with Gasteiger partial charge in [0.05, 0.1) is 5.69 Å². The summed E-state index contributed by atoms with van der Waals surface area (Å²) in [5.74, 6) is 1.17. The molecule has 2 bridgehead atoms. The van der Waals surface area contributed by atoms with Crippen LogP contribution in [0.15, 0.2) is 12.1 Å². The molecule has 1 aromatic rings. The van der Waals surface area contributed by atoms with Crippen LogP contribution in [-0.4, -0.2) is 31.2 Å². The van der Waals surface area contributed by atoms with Crippen LogP contribution in [0.3, 0.4) is 0 Å². The van der Waals surface area contributed by atoms with Crippen LogP contribution in [0.5, 0.6) is 0 Å². The van der Waals surface area contributed by atoms with Gasteiger partial charge in [-0.25, -0.2) is 4.98 Å². The van der Waals surface area contributed by atoms with Gasteiger partial charge in [-0.05, 0) is 25.5 Å². The number of likely N-dealkylation sites (N-methyl/N-ethyl adjacent to an activating group) is 1. The second-order valence-electron chi connectivity index (χ2n) is 4.29. The van der Waals surface area contributed by atoms with Crippen LogP contribution in [0, 0.1) is 6.92 Å². The van der Waals surface area contributed by atoms with E-state index in [-0.39, 0.29) is 0 Å². The fourth-order valence-electron chi connectivity index (χ4n) is 2.49. The molecular formula is C11H15N3. The molecule has 74 valence electrons. The number of hydrogen-bond donors (Lipinski definition) is 0. The number of anilines is 2. The van der Waals surface area contributed by atoms with E-state index in [9.17, 15) is 0 Å². The molecule has 1 saturated heterocycles. The van der Waals surface area contributed by atoms with Gasteiger partial charge < -0.3 is 9.80 Å². The van der Waals surface area contributed by atoms with Crippen molar-refractivity contribution in [1.29, 1.82) is 0 Å². The number of fused-ring (bicyclic) bond motifs is 4. The fraction of sp³-hybridized carbons (Fsp3) is 0.545. The van der Waals surface area contributed by atoms with E-state index in [1.54, 1.807) is 0 Å². The minimum absolute atomic E-state index is 0.678. The van der Waals surface area contributed by atoms with Gasteiger partial charge in [-0.1, -0.05) is 0 Å². The van der Waals surface area contributed by atoms with E-state index in [2.05, 4.69) is 40.9 Å². The zero-order valence-electron chi connectivity index (χ0n) is 8.70. The maximum Gasteiger partial charge on any atom is 0.152 e. The molecule has 0 amide bonds. The molecule has 0 spiro atoms. The van der Waals surface area contributed by atoms with Crippen molar-refractivity contribution < 1.29 is 0 Å². The predicted molar refractivity (Wildman–Crippen MR) is 58.0 cm³/mol. The maximum atomic E-state index is 4.62. The Morgan fingerprint density at radius 2 is 2.29 bits per heavy atom. The van der Waals surface area contributed by atoms with Crippen LogP contribution in [0.1, 0.15) is 12.1 Å². The highest BCUT2D eigenvalue weighted by atomic mass is 15.3. The van der Waals surface area contributed by atoms with Crippen LogP contribution in [0.25, 0.3) is 0 Å². The van der Waals surface area contributed by atoms with Crippen LogP contribution in [0.4, 0.5) is 11.5 Å². The van der Waals surface area contributed by atoms with E-state index in [4.69, 9.17) is 0 Å². The lowest BCUT2D eigenvalue weighted by molar-refractivity contribution is 0.671. The van der Waals surface area contributed by atoms with Gasteiger partial charge in [0.1, 0.15) is 0 Å². The third kappa shape index (κ3) is 0.953. The Kier molecular flexibility index (Phi) is 1.52. The lowest BCUT2D eigenvalue weighted by Crippen LogP contribution is -2.40. The van der Waals surface area contributed by atoms with Crippen molar-refractivity contribution in [3.05, 3.63) is 17.8 Å². The summed E-state index contributed by atoms with van der Waals surface area (Å²) < 4.78 is 0. The van der Waals surface area contributed by atoms with E-state index in [0.717, 1.165) is 5.69 Å². The third-order valence-corrected chi connectivity index (χ3v) is 3.38. The Balaban J connectivity index is 2.16. The van der Waals surface area contributed by atoms with Crippen molar-refractivity contribution in [2.45, 2.75) is 19.4 Å². The van der Waals surface area contributed by atoms with E-state index in [1.165, 1.54) is 31.0 Å². The van der Waals surface area contributed by atoms with Gasteiger partial charge in [-0.3, -0.25) is 0 Å². The molecule has 0 radical (unpaired) electrons. The summed E-state index contributed by atoms with van der Waals surface area (Å²) in [6.07, 6.45) is 1.27. The topological polar surface area (TPSA) is 19.4 Å². The molecule has 0 aliphatic carbocycles. The standard InChI is InChI=1S/C11H15N3/c1-8-3-4-10-11(12-8)13(2)9-5-6-14(10)7-9/h3-4,9H,5-7H2,1-2H3. The molecule has 0 saturated carbocycles. The number of nitrogens with zero attached hydrogens (tertiary/aromatic N) is 3. The van der Waals surface area contributed by atoms with Crippen molar-refractivity contribution in [3.8, 4) is 0 Å². The lowest BCUT2D eigenvalue weighted by Gasteiger charge is -2.34. The van der Waals surface area contributed by atoms with E-state index in [0.29, 0.717) is 6.04 Å². The van der Waals surface area contributed by atoms with Gasteiger partial charge in [-0.2, -0.15) is 0 Å². The first-order chi connectivity index (χ1) is 6.75. The first-order valence-electron chi connectivity index (χ1n) is 5.21. The molecule has 3 heterocycles. The third-order valence-electron chi connectivity index (χ3n) is 3.38. The largest absolute Gasteiger partial charge is 0.366 e. The number of pyridine rings is 1. The Morgan fingerprint density at radius 3 is 3.14 bits per heavy atom. The quantitative estimate of drug-likeness (QED) is 0.615. The molecule has 1 atom stereocenters. The summed E-state index contributed by atoms with van der Waals surface area (Å²) in [5, 5.41) is 0. The number of aromatic nitrogens is 1. The van der Waals surface area contributed by atoms with E-state index < -0.39 is 0 Å². The highest BCUT2D eigenvalue weighted by Crippen LogP contribution is 2.37. The molecule has 2 aliphatic rings. The molecule has 1 fully saturated rings. The summed E-state index contributed by atoms with van der Waals surface area (Å²) >= 11 is 0. The number of hydrogen-bond acceptors (Lipinski definition) is 3. The van der Waals surface area contributed by atoms with Crippen LogP contribution < -0.4 is 9.80 Å². The molecule has 2 aliphatic heterocycles. The van der Waals surface area contributed by atoms with Crippen LogP contribution >= 0.6 is 0 Å². The molecule has 0 aromatic carbocycles. The Labute approximate surface area is 84.3 Å². The average Bonchev–Trinajstić information content (AvgIpc) is 2.61. The SMILES string of the molecule is Cc1ccc2c(n1)N(C)C1CCN2C1. The van der Waals surface area contributed by atoms with Crippen molar-refractivity contribution in [2.75, 3.05) is 29.9 Å². The monoisotopic (exact) mass is 189 g/mol. The average molecular weight is 189 g/mol. The highest BCUT2D eigenvalue weighted by molar-refractivity contribution is 5.71. The van der Waals surface area contributed by atoms with Crippen LogP contribution in [0.2, 0.25) is 0 Å². The molecular weight excluding hydrogens is 174 g/mol. The summed E-state index contributed by atoms with van der Waals surface area (Å²) in [6.45, 7) is 4.42. The summed E-state index contributed by atoms with van der Waals surface area (Å²) in [5.41, 5.74) is 2.42. The summed E-state index contributed by atoms with van der Waals surface area (Å²) in [7, 11) is 2.17. The van der Waals surface area contributed by atoms with Gasteiger partial charge in [-0.15, -0.1) is 0 Å². The van der Waals surface area contributed by atoms with Gasteiger partial charge in [0.2, 0.25) is 0 Å². The molecule has 3 heteroatoms. The van der Waals surface area contributed by atoms with E-state index in [1.807, 2.05) is 0 Å². The summed E-state index contributed by atoms with van der Waals surface area (Å²) in [4.78, 5) is 9.41. The van der Waals surface area contributed by atoms with Crippen molar-refractivity contribution in [2.24, 2.45) is 0 Å². The van der Waals surface area contributed by atoms with Gasteiger partial charge in [0.25, 0.3) is 0 Å². The number of rotatable bonds is 0. The highest BCUT2D eigenvalue weighted by Gasteiger charge is 2.34. The fourth-order valence-corrected chi connectivity index (χ4v) is 2.49. The van der Waals surface area contributed by atoms with E-state index >= 15 is 0 Å². The van der Waals surface area contributed by atoms with Crippen molar-refractivity contribution >= 4 is 11.5 Å². The maximum absolute atomic E-state index is 4.62. The zero-order valence-corrected chi connectivity index (χ0v) is 8.70. The van der Waals surface area contributed by atoms with Crippen LogP contribution in [-0.2, 0) is 0 Å². The van der Waals surface area contributed by atoms with Gasteiger partial charge >= 0.3 is 0 Å². The number of aryl methyl sites for hydroxylation is 1. The second-order valence-corrected chi connectivity index (χ2v) is 4.29. The molecule has 1 unspecified atom stereocenters. The summed E-state index contributed by atoms with van der Waals surface area (Å²) in [6, 6.07) is 4.98. The Hall–Kier alpha value is -1.25. The zero-order chi connectivity index (χ0) is 9.71. The molecule has 0 N–H and O–H groups in total. The Bertz CT molecular complexity index is 375. The lowest BCUT2D eigenvalue weighted by atomic mass is 10.2. The second kappa shape index (κ2) is 2.62. The predicted octanol–water partition coefficient (Wildman–Crippen LogP) is 1.42. The van der Waals surface area contributed by atoms with Crippen molar-refractivity contribution in [3.63, 3.8) is 0 Å². The van der Waals surface area contributed by atoms with Crippen molar-refractivity contribution in [1.82, 2.24) is 4.98 Å². The molecule has 14 heavy (non-hydrogen) atoms.